The maximum Gasteiger partial charge on any atom is 0.319 e. The first kappa shape index (κ1) is 33.8. The van der Waals surface area contributed by atoms with Gasteiger partial charge < -0.3 is 25.6 Å². The zero-order valence-electron chi connectivity index (χ0n) is 28.1. The minimum absolute atomic E-state index is 0.0172. The van der Waals surface area contributed by atoms with E-state index in [-0.39, 0.29) is 46.3 Å². The molecule has 13 heteroatoms. The molecule has 1 fully saturated rings. The first-order valence-electron chi connectivity index (χ1n) is 16.4. The van der Waals surface area contributed by atoms with E-state index in [0.717, 1.165) is 19.4 Å². The number of nitrogens with two attached hydrogens (primary N) is 1. The molecule has 0 atom stereocenters. The minimum Gasteiger partial charge on any atom is -0.463 e. The number of nitrogens with one attached hydrogen (secondary N) is 1. The highest BCUT2D eigenvalue weighted by atomic mass is 19.1. The molecule has 0 spiro atoms. The molecular weight excluding hydrogens is 630 g/mol. The average molecular weight is 671 g/mol. The summed E-state index contributed by atoms with van der Waals surface area (Å²) in [6.45, 7) is 4.26. The first-order chi connectivity index (χ1) is 23.6. The molecule has 2 heterocycles. The summed E-state index contributed by atoms with van der Waals surface area (Å²) in [6, 6.07) is 9.32. The Bertz CT molecular complexity index is 2010. The molecule has 0 saturated heterocycles. The predicted molar refractivity (Wildman–Crippen MR) is 188 cm³/mol. The van der Waals surface area contributed by atoms with Gasteiger partial charge in [-0.25, -0.2) is 8.78 Å². The summed E-state index contributed by atoms with van der Waals surface area (Å²) in [7, 11) is 5.14. The van der Waals surface area contributed by atoms with Crippen molar-refractivity contribution in [3.05, 3.63) is 70.3 Å². The number of amides is 1. The molecule has 0 radical (unpaired) electrons. The molecule has 256 valence electrons. The maximum absolute atomic E-state index is 17.0. The Balaban J connectivity index is 1.51. The third kappa shape index (κ3) is 6.80. The summed E-state index contributed by atoms with van der Waals surface area (Å²) < 4.78 is 38.3. The lowest BCUT2D eigenvalue weighted by Crippen LogP contribution is -2.32. The van der Waals surface area contributed by atoms with Crippen LogP contribution in [0.1, 0.15) is 31.7 Å². The quantitative estimate of drug-likeness (QED) is 0.154. The van der Waals surface area contributed by atoms with Crippen molar-refractivity contribution in [2.24, 2.45) is 21.3 Å². The van der Waals surface area contributed by atoms with E-state index in [9.17, 15) is 9.70 Å². The van der Waals surface area contributed by atoms with Gasteiger partial charge >= 0.3 is 6.01 Å². The number of nitrogens with zero attached hydrogens (tertiary/aromatic N) is 6. The molecule has 4 aromatic rings. The molecule has 11 nitrogen and oxygen atoms in total. The summed E-state index contributed by atoms with van der Waals surface area (Å²) in [5, 5.41) is 7.85. The average Bonchev–Trinajstić information content (AvgIpc) is 3.90. The predicted octanol–water partition coefficient (Wildman–Crippen LogP) is 5.65. The topological polar surface area (TPSA) is 138 Å². The van der Waals surface area contributed by atoms with Gasteiger partial charge in [0.05, 0.1) is 24.6 Å². The van der Waals surface area contributed by atoms with E-state index in [1.807, 2.05) is 18.9 Å². The summed E-state index contributed by atoms with van der Waals surface area (Å²) in [4.78, 5) is 41.6. The van der Waals surface area contributed by atoms with Crippen LogP contribution in [0.15, 0.2) is 58.3 Å². The van der Waals surface area contributed by atoms with Gasteiger partial charge in [0.25, 0.3) is 5.91 Å². The number of hydrogen-bond acceptors (Lipinski definition) is 10. The van der Waals surface area contributed by atoms with E-state index >= 15 is 8.78 Å². The molecule has 3 N–H and O–H groups in total. The van der Waals surface area contributed by atoms with E-state index in [1.165, 1.54) is 17.0 Å². The number of halogens is 2. The van der Waals surface area contributed by atoms with Gasteiger partial charge in [-0.15, -0.1) is 4.91 Å². The Morgan fingerprint density at radius 2 is 1.96 bits per heavy atom. The summed E-state index contributed by atoms with van der Waals surface area (Å²) >= 11 is 0. The lowest BCUT2D eigenvalue weighted by molar-refractivity contribution is -0.124. The van der Waals surface area contributed by atoms with Gasteiger partial charge in [0.2, 0.25) is 0 Å². The highest BCUT2D eigenvalue weighted by Gasteiger charge is 2.43. The SMILES string of the molecule is CCc1c(F)ccc2cc(N=O)cc(-c3ccc4c(N5CCCN=C(C=C(N)C(=O)N(C)C)C5)nc(OCC5(CNC)CC5)nc4c3F)c12. The number of ether oxygens (including phenoxy) is 1. The van der Waals surface area contributed by atoms with Gasteiger partial charge in [-0.3, -0.25) is 9.79 Å². The van der Waals surface area contributed by atoms with Crippen LogP contribution in [-0.4, -0.2) is 80.4 Å². The molecule has 3 aromatic carbocycles. The Kier molecular flexibility index (Phi) is 9.55. The molecule has 1 saturated carbocycles. The van der Waals surface area contributed by atoms with Crippen molar-refractivity contribution in [3.63, 3.8) is 0 Å². The fourth-order valence-corrected chi connectivity index (χ4v) is 6.47. The Morgan fingerprint density at radius 3 is 2.65 bits per heavy atom. The normalized spacial score (nSPS) is 16.0. The fourth-order valence-electron chi connectivity index (χ4n) is 6.47. The molecule has 1 aromatic heterocycles. The molecular formula is C36H40F2N8O3. The van der Waals surface area contributed by atoms with Crippen molar-refractivity contribution in [1.29, 1.82) is 0 Å². The first-order valence-corrected chi connectivity index (χ1v) is 16.4. The zero-order valence-corrected chi connectivity index (χ0v) is 28.1. The molecule has 1 amide bonds. The number of aliphatic imine (C=N–C) groups is 1. The third-order valence-corrected chi connectivity index (χ3v) is 9.21. The lowest BCUT2D eigenvalue weighted by atomic mass is 9.91. The van der Waals surface area contributed by atoms with Crippen molar-refractivity contribution in [1.82, 2.24) is 20.2 Å². The number of hydrogen-bond donors (Lipinski definition) is 2. The van der Waals surface area contributed by atoms with Crippen molar-refractivity contribution in [3.8, 4) is 17.1 Å². The van der Waals surface area contributed by atoms with Gasteiger partial charge in [-0.05, 0) is 90.1 Å². The van der Waals surface area contributed by atoms with Gasteiger partial charge in [-0.1, -0.05) is 19.1 Å². The standard InChI is InChI=1S/C36H40F2N8O3/c1-5-24-28(37)10-7-21-15-22(44-48)16-27(30(21)24)25-8-9-26-32(31(25)38)42-35(49-20-36(11-12-36)19-40-2)43-33(26)46-14-6-13-41-23(18-46)17-29(39)34(47)45(3)4/h7-10,15-17,40H,5-6,11-14,18-20,39H2,1-4H3. The summed E-state index contributed by atoms with van der Waals surface area (Å²) in [5.74, 6) is -0.972. The van der Waals surface area contributed by atoms with Crippen molar-refractivity contribution in [2.45, 2.75) is 32.6 Å². The van der Waals surface area contributed by atoms with Crippen LogP contribution in [0.3, 0.4) is 0 Å². The molecule has 1 aliphatic heterocycles. The third-order valence-electron chi connectivity index (χ3n) is 9.21. The zero-order chi connectivity index (χ0) is 34.9. The van der Waals surface area contributed by atoms with E-state index in [2.05, 4.69) is 20.5 Å². The van der Waals surface area contributed by atoms with Crippen LogP contribution in [0.4, 0.5) is 20.3 Å². The van der Waals surface area contributed by atoms with Crippen LogP contribution in [0.5, 0.6) is 6.01 Å². The van der Waals surface area contributed by atoms with Gasteiger partial charge in [-0.2, -0.15) is 9.97 Å². The van der Waals surface area contributed by atoms with Crippen LogP contribution in [0.2, 0.25) is 0 Å². The van der Waals surface area contributed by atoms with Crippen molar-refractivity contribution in [2.75, 3.05) is 58.8 Å². The number of carbonyl (C=O) groups is 1. The smallest absolute Gasteiger partial charge is 0.319 e. The monoisotopic (exact) mass is 670 g/mol. The second-order valence-corrected chi connectivity index (χ2v) is 13.0. The van der Waals surface area contributed by atoms with Crippen molar-refractivity contribution < 1.29 is 18.3 Å². The minimum atomic E-state index is -0.664. The number of fused-ring (bicyclic) bond motifs is 2. The lowest BCUT2D eigenvalue weighted by Gasteiger charge is -2.24. The number of anilines is 1. The summed E-state index contributed by atoms with van der Waals surface area (Å²) in [5.41, 5.74) is 7.71. The summed E-state index contributed by atoms with van der Waals surface area (Å²) in [6.07, 6.45) is 4.58. The molecule has 49 heavy (non-hydrogen) atoms. The number of carbonyl (C=O) groups excluding carboxylic acids is 1. The Labute approximate surface area is 283 Å². The maximum atomic E-state index is 17.0. The van der Waals surface area contributed by atoms with E-state index in [1.54, 1.807) is 44.4 Å². The van der Waals surface area contributed by atoms with Crippen molar-refractivity contribution >= 4 is 44.8 Å². The van der Waals surface area contributed by atoms with E-state index in [0.29, 0.717) is 71.4 Å². The van der Waals surface area contributed by atoms with Gasteiger partial charge in [0, 0.05) is 50.1 Å². The van der Waals surface area contributed by atoms with Crippen LogP contribution < -0.4 is 20.7 Å². The Hall–Kier alpha value is -5.04. The molecule has 0 bridgehead atoms. The highest BCUT2D eigenvalue weighted by Crippen LogP contribution is 2.45. The number of benzene rings is 3. The van der Waals surface area contributed by atoms with Gasteiger partial charge in [0.15, 0.2) is 5.82 Å². The molecule has 6 rings (SSSR count). The number of aryl methyl sites for hydroxylation is 1. The van der Waals surface area contributed by atoms with E-state index < -0.39 is 11.6 Å². The number of nitroso groups, excluding NO2 is 1. The van der Waals surface area contributed by atoms with E-state index in [4.69, 9.17) is 15.5 Å². The number of likely N-dealkylation sites (N-methyl/N-ethyl adjacent to an activating group) is 1. The van der Waals surface area contributed by atoms with Gasteiger partial charge in [0.1, 0.15) is 22.8 Å². The largest absolute Gasteiger partial charge is 0.463 e. The molecule has 2 aliphatic rings. The highest BCUT2D eigenvalue weighted by molar-refractivity contribution is 6.07. The Morgan fingerprint density at radius 1 is 1.16 bits per heavy atom. The number of aromatic nitrogens is 2. The van der Waals surface area contributed by atoms with Crippen LogP contribution in [0, 0.1) is 22.0 Å². The fraction of sp³-hybridized carbons (Fsp3) is 0.389. The molecule has 1 aliphatic carbocycles. The molecule has 0 unspecified atom stereocenters. The van der Waals surface area contributed by atoms with Crippen LogP contribution >= 0.6 is 0 Å². The van der Waals surface area contributed by atoms with Crippen LogP contribution in [0.25, 0.3) is 32.8 Å². The van der Waals surface area contributed by atoms with Crippen LogP contribution in [-0.2, 0) is 11.2 Å². The second-order valence-electron chi connectivity index (χ2n) is 13.0. The number of rotatable bonds is 11. The second kappa shape index (κ2) is 13.8.